The average Bonchev–Trinajstić information content (AvgIpc) is 2.55. The van der Waals surface area contributed by atoms with E-state index in [0.717, 1.165) is 5.56 Å². The molecule has 2 amide bonds. The Morgan fingerprint density at radius 3 is 2.11 bits per heavy atom. The predicted molar refractivity (Wildman–Crippen MR) is 99.2 cm³/mol. The zero-order valence-corrected chi connectivity index (χ0v) is 16.3. The summed E-state index contributed by atoms with van der Waals surface area (Å²) in [7, 11) is 0. The van der Waals surface area contributed by atoms with E-state index in [1.165, 1.54) is 0 Å². The average molecular weight is 380 g/mol. The van der Waals surface area contributed by atoms with Crippen molar-refractivity contribution in [2.24, 2.45) is 5.92 Å². The maximum atomic E-state index is 12.0. The highest BCUT2D eigenvalue weighted by Crippen LogP contribution is 2.12. The number of alkyl carbamates (subject to hydrolysis) is 2. The molecule has 0 saturated heterocycles. The number of carboxylic acids is 1. The van der Waals surface area contributed by atoms with Gasteiger partial charge in [-0.2, -0.15) is 0 Å². The second kappa shape index (κ2) is 9.80. The van der Waals surface area contributed by atoms with Crippen molar-refractivity contribution in [2.45, 2.75) is 58.9 Å². The van der Waals surface area contributed by atoms with Gasteiger partial charge in [0.1, 0.15) is 12.2 Å². The monoisotopic (exact) mass is 380 g/mol. The second-order valence-corrected chi connectivity index (χ2v) is 7.44. The minimum absolute atomic E-state index is 0.00481. The number of ether oxygens (including phenoxy) is 2. The summed E-state index contributed by atoms with van der Waals surface area (Å²) in [5.41, 5.74) is 0.0404. The van der Waals surface area contributed by atoms with E-state index in [-0.39, 0.29) is 12.5 Å². The molecule has 27 heavy (non-hydrogen) atoms. The van der Waals surface area contributed by atoms with Crippen molar-refractivity contribution in [1.29, 1.82) is 0 Å². The molecule has 0 saturated carbocycles. The van der Waals surface area contributed by atoms with Gasteiger partial charge in [-0.3, -0.25) is 0 Å². The van der Waals surface area contributed by atoms with Gasteiger partial charge in [-0.05, 0) is 32.3 Å². The van der Waals surface area contributed by atoms with Gasteiger partial charge in [0.2, 0.25) is 0 Å². The molecule has 150 valence electrons. The van der Waals surface area contributed by atoms with Crippen molar-refractivity contribution in [1.82, 2.24) is 10.6 Å². The second-order valence-electron chi connectivity index (χ2n) is 7.44. The molecule has 1 aromatic rings. The van der Waals surface area contributed by atoms with Crippen molar-refractivity contribution in [3.05, 3.63) is 35.9 Å². The summed E-state index contributed by atoms with van der Waals surface area (Å²) >= 11 is 0. The van der Waals surface area contributed by atoms with Gasteiger partial charge in [0, 0.05) is 0 Å². The number of benzene rings is 1. The lowest BCUT2D eigenvalue weighted by Gasteiger charge is -2.30. The summed E-state index contributed by atoms with van der Waals surface area (Å²) in [4.78, 5) is 35.7. The Morgan fingerprint density at radius 1 is 1.04 bits per heavy atom. The van der Waals surface area contributed by atoms with Crippen molar-refractivity contribution < 1.29 is 29.0 Å². The molecule has 8 nitrogen and oxygen atoms in total. The number of rotatable bonds is 7. The zero-order chi connectivity index (χ0) is 20.6. The van der Waals surface area contributed by atoms with Crippen LogP contribution in [-0.2, 0) is 20.9 Å². The number of carbonyl (C=O) groups is 3. The normalized spacial score (nSPS) is 13.4. The molecule has 1 aromatic carbocycles. The van der Waals surface area contributed by atoms with E-state index in [2.05, 4.69) is 10.6 Å². The number of carboxylic acid groups (broad SMARTS) is 1. The van der Waals surface area contributed by atoms with Gasteiger partial charge in [-0.15, -0.1) is 0 Å². The first-order valence-electron chi connectivity index (χ1n) is 8.69. The van der Waals surface area contributed by atoms with E-state index in [0.29, 0.717) is 0 Å². The molecule has 2 atom stereocenters. The van der Waals surface area contributed by atoms with E-state index in [1.807, 2.05) is 6.07 Å². The van der Waals surface area contributed by atoms with Crippen LogP contribution >= 0.6 is 0 Å². The molecule has 0 heterocycles. The topological polar surface area (TPSA) is 114 Å². The molecule has 0 aromatic heterocycles. The largest absolute Gasteiger partial charge is 0.480 e. The highest BCUT2D eigenvalue weighted by Gasteiger charge is 2.34. The van der Waals surface area contributed by atoms with Crippen LogP contribution in [0.2, 0.25) is 0 Å². The summed E-state index contributed by atoms with van der Waals surface area (Å²) in [6, 6.07) is 6.74. The lowest BCUT2D eigenvalue weighted by atomic mass is 9.96. The first-order valence-corrected chi connectivity index (χ1v) is 8.69. The summed E-state index contributed by atoms with van der Waals surface area (Å²) in [5.74, 6) is -1.57. The number of amides is 2. The zero-order valence-electron chi connectivity index (χ0n) is 16.3. The maximum absolute atomic E-state index is 12.0. The van der Waals surface area contributed by atoms with Crippen molar-refractivity contribution in [3.63, 3.8) is 0 Å². The van der Waals surface area contributed by atoms with Crippen molar-refractivity contribution >= 4 is 18.2 Å². The fourth-order valence-electron chi connectivity index (χ4n) is 2.28. The molecule has 0 unspecified atom stereocenters. The van der Waals surface area contributed by atoms with Crippen molar-refractivity contribution in [3.8, 4) is 0 Å². The smallest absolute Gasteiger partial charge is 0.408 e. The Morgan fingerprint density at radius 2 is 1.63 bits per heavy atom. The number of carbonyl (C=O) groups excluding carboxylic acids is 2. The van der Waals surface area contributed by atoms with Gasteiger partial charge in [-0.1, -0.05) is 44.2 Å². The first-order chi connectivity index (χ1) is 12.5. The fraction of sp³-hybridized carbons (Fsp3) is 0.526. The lowest BCUT2D eigenvalue weighted by Crippen LogP contribution is -2.58. The minimum Gasteiger partial charge on any atom is -0.480 e. The quantitative estimate of drug-likeness (QED) is 0.670. The van der Waals surface area contributed by atoms with E-state index in [4.69, 9.17) is 9.47 Å². The van der Waals surface area contributed by atoms with Crippen LogP contribution in [0.1, 0.15) is 40.2 Å². The number of hydrogen-bond donors (Lipinski definition) is 3. The van der Waals surface area contributed by atoms with Gasteiger partial charge < -0.3 is 25.2 Å². The highest BCUT2D eigenvalue weighted by molar-refractivity contribution is 5.81. The standard InChI is InChI=1S/C19H28N2O6/c1-12(2)14(20-18(25)27-19(3,4)5)15(16(22)23)21-17(24)26-11-13-9-7-6-8-10-13/h6-10,12,14-15H,11H2,1-5H3,(H,20,25)(H,21,24)(H,22,23)/t14-,15+/m1/s1. The summed E-state index contributed by atoms with van der Waals surface area (Å²) in [6.07, 6.45) is -1.64. The van der Waals surface area contributed by atoms with E-state index in [9.17, 15) is 19.5 Å². The Labute approximate surface area is 159 Å². The van der Waals surface area contributed by atoms with Crippen LogP contribution in [0.4, 0.5) is 9.59 Å². The SMILES string of the molecule is CC(C)[C@@H](NC(=O)OC(C)(C)C)[C@H](NC(=O)OCc1ccccc1)C(=O)O. The predicted octanol–water partition coefficient (Wildman–Crippen LogP) is 2.92. The Hall–Kier alpha value is -2.77. The van der Waals surface area contributed by atoms with Gasteiger partial charge in [0.25, 0.3) is 0 Å². The molecular formula is C19H28N2O6. The summed E-state index contributed by atoms with van der Waals surface area (Å²) < 4.78 is 10.2. The van der Waals surface area contributed by atoms with Crippen LogP contribution in [0.3, 0.4) is 0 Å². The van der Waals surface area contributed by atoms with Gasteiger partial charge in [0.15, 0.2) is 6.04 Å². The van der Waals surface area contributed by atoms with E-state index < -0.39 is 35.8 Å². The molecule has 8 heteroatoms. The molecular weight excluding hydrogens is 352 g/mol. The molecule has 0 fully saturated rings. The molecule has 3 N–H and O–H groups in total. The van der Waals surface area contributed by atoms with Crippen LogP contribution in [0, 0.1) is 5.92 Å². The molecule has 0 bridgehead atoms. The maximum Gasteiger partial charge on any atom is 0.408 e. The molecule has 0 aliphatic rings. The van der Waals surface area contributed by atoms with Crippen LogP contribution in [0.5, 0.6) is 0 Å². The molecule has 0 aliphatic carbocycles. The Bertz CT molecular complexity index is 639. The van der Waals surface area contributed by atoms with Gasteiger partial charge in [-0.25, -0.2) is 14.4 Å². The minimum atomic E-state index is -1.37. The van der Waals surface area contributed by atoms with Crippen LogP contribution in [0.15, 0.2) is 30.3 Å². The molecule has 0 radical (unpaired) electrons. The Balaban J connectivity index is 2.75. The fourth-order valence-corrected chi connectivity index (χ4v) is 2.28. The lowest BCUT2D eigenvalue weighted by molar-refractivity contribution is -0.140. The third kappa shape index (κ3) is 8.44. The van der Waals surface area contributed by atoms with Crippen LogP contribution in [0.25, 0.3) is 0 Å². The van der Waals surface area contributed by atoms with E-state index >= 15 is 0 Å². The molecule has 1 rings (SSSR count). The number of hydrogen-bond acceptors (Lipinski definition) is 5. The number of aliphatic carboxylic acids is 1. The van der Waals surface area contributed by atoms with Gasteiger partial charge in [0.05, 0.1) is 6.04 Å². The molecule has 0 aliphatic heterocycles. The van der Waals surface area contributed by atoms with Gasteiger partial charge >= 0.3 is 18.2 Å². The third-order valence-corrected chi connectivity index (χ3v) is 3.51. The summed E-state index contributed by atoms with van der Waals surface area (Å²) in [6.45, 7) is 8.56. The Kier molecular flexibility index (Phi) is 8.08. The molecule has 0 spiro atoms. The number of nitrogens with one attached hydrogen (secondary N) is 2. The van der Waals surface area contributed by atoms with Crippen LogP contribution in [-0.4, -0.2) is 40.9 Å². The van der Waals surface area contributed by atoms with E-state index in [1.54, 1.807) is 58.9 Å². The highest BCUT2D eigenvalue weighted by atomic mass is 16.6. The van der Waals surface area contributed by atoms with Crippen molar-refractivity contribution in [2.75, 3.05) is 0 Å². The third-order valence-electron chi connectivity index (χ3n) is 3.51. The van der Waals surface area contributed by atoms with Crippen LogP contribution < -0.4 is 10.6 Å². The first kappa shape index (κ1) is 22.3. The summed E-state index contributed by atoms with van der Waals surface area (Å²) in [5, 5.41) is 14.3.